The summed E-state index contributed by atoms with van der Waals surface area (Å²) in [6.45, 7) is 0. The van der Waals surface area contributed by atoms with Gasteiger partial charge in [-0.3, -0.25) is 4.39 Å². The van der Waals surface area contributed by atoms with Crippen LogP contribution in [0.5, 0.6) is 0 Å². The van der Waals surface area contributed by atoms with Crippen LogP contribution in [0, 0.1) is 23.5 Å². The van der Waals surface area contributed by atoms with Crippen LogP contribution in [0.4, 0.5) is 13.2 Å². The first-order valence-corrected chi connectivity index (χ1v) is 2.23. The van der Waals surface area contributed by atoms with Gasteiger partial charge in [-0.05, 0) is 0 Å². The molecule has 0 radical (unpaired) electrons. The van der Waals surface area contributed by atoms with Gasteiger partial charge in [0.15, 0.2) is 0 Å². The first-order valence-electron chi connectivity index (χ1n) is 2.23. The Bertz CT molecular complexity index is 204. The van der Waals surface area contributed by atoms with Gasteiger partial charge in [-0.15, -0.1) is 12.1 Å². The molecule has 1 rings (SSSR count). The van der Waals surface area contributed by atoms with Gasteiger partial charge in [-0.1, -0.05) is 0 Å². The van der Waals surface area contributed by atoms with Gasteiger partial charge >= 0.3 is 0 Å². The van der Waals surface area contributed by atoms with Crippen LogP contribution < -0.4 is 0 Å². The Hall–Kier alpha value is -0.107. The summed E-state index contributed by atoms with van der Waals surface area (Å²) in [5, 5.41) is 0. The third kappa shape index (κ3) is 1.94. The zero-order valence-corrected chi connectivity index (χ0v) is 7.25. The van der Waals surface area contributed by atoms with E-state index >= 15 is 0 Å². The van der Waals surface area contributed by atoms with E-state index in [0.29, 0.717) is 0 Å². The van der Waals surface area contributed by atoms with E-state index in [0.717, 1.165) is 12.1 Å². The molecule has 0 fully saturated rings. The molecule has 0 bridgehead atoms. The first kappa shape index (κ1) is 9.89. The summed E-state index contributed by atoms with van der Waals surface area (Å²) in [4.78, 5) is 0. The van der Waals surface area contributed by atoms with Gasteiger partial charge in [0, 0.05) is 32.0 Å². The SMILES string of the molecule is Fc1[c-]ccc(F)c1F.[Zr]. The van der Waals surface area contributed by atoms with E-state index in [1.807, 2.05) is 6.07 Å². The number of halogens is 3. The molecule has 0 aromatic heterocycles. The summed E-state index contributed by atoms with van der Waals surface area (Å²) in [5.41, 5.74) is 0. The molecule has 0 saturated heterocycles. The van der Waals surface area contributed by atoms with E-state index in [2.05, 4.69) is 0 Å². The van der Waals surface area contributed by atoms with Crippen molar-refractivity contribution >= 4 is 0 Å². The van der Waals surface area contributed by atoms with Crippen LogP contribution >= 0.6 is 0 Å². The minimum atomic E-state index is -1.47. The predicted octanol–water partition coefficient (Wildman–Crippen LogP) is 1.90. The summed E-state index contributed by atoms with van der Waals surface area (Å²) >= 11 is 0. The van der Waals surface area contributed by atoms with E-state index in [1.165, 1.54) is 0 Å². The van der Waals surface area contributed by atoms with Crippen LogP contribution in [0.15, 0.2) is 12.1 Å². The molecule has 0 aliphatic rings. The van der Waals surface area contributed by atoms with E-state index < -0.39 is 17.5 Å². The van der Waals surface area contributed by atoms with Crippen molar-refractivity contribution in [1.82, 2.24) is 0 Å². The van der Waals surface area contributed by atoms with Crippen molar-refractivity contribution in [2.45, 2.75) is 0 Å². The Morgan fingerprint density at radius 1 is 1.20 bits per heavy atom. The van der Waals surface area contributed by atoms with Crippen molar-refractivity contribution in [3.63, 3.8) is 0 Å². The van der Waals surface area contributed by atoms with Gasteiger partial charge in [-0.2, -0.15) is 6.07 Å². The van der Waals surface area contributed by atoms with Crippen LogP contribution in [-0.4, -0.2) is 0 Å². The van der Waals surface area contributed by atoms with Crippen molar-refractivity contribution < 1.29 is 39.4 Å². The Morgan fingerprint density at radius 2 is 1.80 bits per heavy atom. The maximum absolute atomic E-state index is 11.9. The van der Waals surface area contributed by atoms with E-state index in [9.17, 15) is 13.2 Å². The minimum absolute atomic E-state index is 0. The molecule has 0 aliphatic carbocycles. The Labute approximate surface area is 75.2 Å². The number of hydrogen-bond acceptors (Lipinski definition) is 0. The minimum Gasteiger partial charge on any atom is -0.278 e. The summed E-state index contributed by atoms with van der Waals surface area (Å²) in [6.07, 6.45) is 0. The molecular formula is C6H2F3Zr-. The van der Waals surface area contributed by atoms with Gasteiger partial charge in [0.2, 0.25) is 0 Å². The normalized spacial score (nSPS) is 8.70. The molecule has 0 amide bonds. The molecule has 52 valence electrons. The second-order valence-electron chi connectivity index (χ2n) is 1.45. The molecule has 0 atom stereocenters. The standard InChI is InChI=1S/C6H2F3.Zr/c7-4-2-1-3-5(8)6(4)9;/h1-2H;/q-1;. The molecule has 0 nitrogen and oxygen atoms in total. The molecule has 0 spiro atoms. The topological polar surface area (TPSA) is 0 Å². The maximum atomic E-state index is 11.9. The third-order valence-corrected chi connectivity index (χ3v) is 0.842. The van der Waals surface area contributed by atoms with E-state index in [-0.39, 0.29) is 26.2 Å². The molecule has 4 heteroatoms. The molecule has 1 aromatic carbocycles. The average Bonchev–Trinajstić information content (AvgIpc) is 1.83. The number of rotatable bonds is 0. The molecule has 1 aromatic rings. The maximum Gasteiger partial charge on any atom is 0.0781 e. The van der Waals surface area contributed by atoms with Crippen LogP contribution in [-0.2, 0) is 26.2 Å². The van der Waals surface area contributed by atoms with Gasteiger partial charge in [0.1, 0.15) is 0 Å². The summed E-state index contributed by atoms with van der Waals surface area (Å²) in [5.74, 6) is -3.95. The van der Waals surface area contributed by atoms with Crippen LogP contribution in [0.2, 0.25) is 0 Å². The second-order valence-corrected chi connectivity index (χ2v) is 1.45. The monoisotopic (exact) mass is 221 g/mol. The van der Waals surface area contributed by atoms with Crippen molar-refractivity contribution in [2.75, 3.05) is 0 Å². The van der Waals surface area contributed by atoms with Crippen molar-refractivity contribution in [3.05, 3.63) is 35.7 Å². The summed E-state index contributed by atoms with van der Waals surface area (Å²) in [6, 6.07) is 3.64. The van der Waals surface area contributed by atoms with Crippen molar-refractivity contribution in [3.8, 4) is 0 Å². The van der Waals surface area contributed by atoms with Gasteiger partial charge in [0.05, 0.1) is 11.6 Å². The van der Waals surface area contributed by atoms with E-state index in [4.69, 9.17) is 0 Å². The number of benzene rings is 1. The number of hydrogen-bond donors (Lipinski definition) is 0. The van der Waals surface area contributed by atoms with Gasteiger partial charge in [0.25, 0.3) is 0 Å². The molecule has 10 heavy (non-hydrogen) atoms. The van der Waals surface area contributed by atoms with Crippen molar-refractivity contribution in [2.24, 2.45) is 0 Å². The summed E-state index contributed by atoms with van der Waals surface area (Å²) in [7, 11) is 0. The average molecular weight is 222 g/mol. The molecular weight excluding hydrogens is 220 g/mol. The van der Waals surface area contributed by atoms with Crippen molar-refractivity contribution in [1.29, 1.82) is 0 Å². The fraction of sp³-hybridized carbons (Fsp3) is 0. The zero-order chi connectivity index (χ0) is 6.85. The smallest absolute Gasteiger partial charge is 0.0781 e. The fourth-order valence-corrected chi connectivity index (χ4v) is 0.429. The second kappa shape index (κ2) is 3.92. The van der Waals surface area contributed by atoms with Gasteiger partial charge in [-0.25, -0.2) is 8.78 Å². The van der Waals surface area contributed by atoms with Crippen LogP contribution in [0.1, 0.15) is 0 Å². The molecule has 0 saturated carbocycles. The molecule has 0 unspecified atom stereocenters. The first-order chi connectivity index (χ1) is 4.22. The van der Waals surface area contributed by atoms with E-state index in [1.54, 1.807) is 0 Å². The quantitative estimate of drug-likeness (QED) is 0.464. The molecule has 0 aliphatic heterocycles. The fourth-order valence-electron chi connectivity index (χ4n) is 0.429. The molecule has 0 N–H and O–H groups in total. The predicted molar refractivity (Wildman–Crippen MR) is 25.2 cm³/mol. The Balaban J connectivity index is 0.000000810. The van der Waals surface area contributed by atoms with Gasteiger partial charge < -0.3 is 0 Å². The van der Waals surface area contributed by atoms with Crippen LogP contribution in [0.3, 0.4) is 0 Å². The summed E-state index contributed by atoms with van der Waals surface area (Å²) < 4.78 is 35.8. The molecule has 0 heterocycles. The Morgan fingerprint density at radius 3 is 2.20 bits per heavy atom. The largest absolute Gasteiger partial charge is 0.278 e. The Kier molecular flexibility index (Phi) is 3.88. The van der Waals surface area contributed by atoms with Crippen LogP contribution in [0.25, 0.3) is 0 Å². The zero-order valence-electron chi connectivity index (χ0n) is 4.79. The third-order valence-electron chi connectivity index (χ3n) is 0.842.